The summed E-state index contributed by atoms with van der Waals surface area (Å²) in [4.78, 5) is 14.6. The molecule has 1 atom stereocenters. The first kappa shape index (κ1) is 18.7. The third kappa shape index (κ3) is 4.42. The number of carbonyl (C=O) groups is 1. The summed E-state index contributed by atoms with van der Waals surface area (Å²) < 4.78 is 1.76. The molecule has 1 unspecified atom stereocenters. The van der Waals surface area contributed by atoms with Crippen LogP contribution in [0.5, 0.6) is 0 Å². The van der Waals surface area contributed by atoms with Gasteiger partial charge in [0.1, 0.15) is 0 Å². The Bertz CT molecular complexity index is 940. The Labute approximate surface area is 169 Å². The zero-order valence-corrected chi connectivity index (χ0v) is 16.4. The van der Waals surface area contributed by atoms with E-state index < -0.39 is 0 Å². The molecule has 1 saturated heterocycles. The van der Waals surface area contributed by atoms with Crippen LogP contribution in [0.2, 0.25) is 5.02 Å². The Hall–Kier alpha value is -2.66. The predicted molar refractivity (Wildman–Crippen MR) is 109 cm³/mol. The molecule has 3 aromatic rings. The Kier molecular flexibility index (Phi) is 5.72. The van der Waals surface area contributed by atoms with Crippen molar-refractivity contribution in [3.8, 4) is 0 Å². The summed E-state index contributed by atoms with van der Waals surface area (Å²) in [7, 11) is 0. The van der Waals surface area contributed by atoms with Crippen LogP contribution in [0.15, 0.2) is 60.8 Å². The minimum Gasteiger partial charge on any atom is -0.337 e. The van der Waals surface area contributed by atoms with Gasteiger partial charge in [-0.2, -0.15) is 0 Å². The molecule has 5 nitrogen and oxygen atoms in total. The van der Waals surface area contributed by atoms with Gasteiger partial charge in [0.05, 0.1) is 6.20 Å². The minimum atomic E-state index is -0.0427. The maximum Gasteiger partial charge on any atom is 0.276 e. The molecule has 144 valence electrons. The molecule has 6 heteroatoms. The lowest BCUT2D eigenvalue weighted by molar-refractivity contribution is 0.0785. The van der Waals surface area contributed by atoms with E-state index in [4.69, 9.17) is 11.6 Å². The molecule has 2 aromatic carbocycles. The standard InChI is InChI=1S/C22H23ClN4O/c23-20-10-4-9-18(14-20)19-11-13-26(15-19)22(28)21-16-27(25-24-21)12-5-8-17-6-2-1-3-7-17/h1-4,6-7,9-10,14,16,19H,5,8,11-13,15H2. The van der Waals surface area contributed by atoms with Crippen LogP contribution in [-0.2, 0) is 13.0 Å². The second-order valence-corrected chi connectivity index (χ2v) is 7.68. The molecule has 0 spiro atoms. The van der Waals surface area contributed by atoms with Crippen molar-refractivity contribution < 1.29 is 4.79 Å². The van der Waals surface area contributed by atoms with E-state index in [1.54, 1.807) is 10.9 Å². The lowest BCUT2D eigenvalue weighted by atomic mass is 9.99. The Balaban J connectivity index is 1.32. The lowest BCUT2D eigenvalue weighted by Gasteiger charge is -2.15. The van der Waals surface area contributed by atoms with Crippen molar-refractivity contribution in [1.29, 1.82) is 0 Å². The van der Waals surface area contributed by atoms with Crippen LogP contribution in [0.25, 0.3) is 0 Å². The summed E-state index contributed by atoms with van der Waals surface area (Å²) in [6.45, 7) is 2.18. The van der Waals surface area contributed by atoms with Crippen LogP contribution < -0.4 is 0 Å². The number of halogens is 1. The van der Waals surface area contributed by atoms with Crippen LogP contribution in [0.4, 0.5) is 0 Å². The summed E-state index contributed by atoms with van der Waals surface area (Å²) >= 11 is 6.10. The van der Waals surface area contributed by atoms with Crippen LogP contribution in [0, 0.1) is 0 Å². The van der Waals surface area contributed by atoms with Gasteiger partial charge in [0.15, 0.2) is 5.69 Å². The average molecular weight is 395 g/mol. The van der Waals surface area contributed by atoms with Gasteiger partial charge in [0, 0.05) is 30.6 Å². The fourth-order valence-electron chi connectivity index (χ4n) is 3.73. The minimum absolute atomic E-state index is 0.0427. The molecule has 0 aliphatic carbocycles. The van der Waals surface area contributed by atoms with E-state index in [-0.39, 0.29) is 5.91 Å². The zero-order chi connectivity index (χ0) is 19.3. The van der Waals surface area contributed by atoms with Gasteiger partial charge < -0.3 is 4.90 Å². The topological polar surface area (TPSA) is 51.0 Å². The van der Waals surface area contributed by atoms with Crippen LogP contribution in [0.1, 0.15) is 40.4 Å². The van der Waals surface area contributed by atoms with Crippen molar-refractivity contribution >= 4 is 17.5 Å². The van der Waals surface area contributed by atoms with E-state index in [1.165, 1.54) is 11.1 Å². The van der Waals surface area contributed by atoms with Gasteiger partial charge in [-0.1, -0.05) is 59.3 Å². The fourth-order valence-corrected chi connectivity index (χ4v) is 3.93. The molecule has 0 N–H and O–H groups in total. The smallest absolute Gasteiger partial charge is 0.276 e. The molecule has 1 aliphatic heterocycles. The average Bonchev–Trinajstić information content (AvgIpc) is 3.38. The quantitative estimate of drug-likeness (QED) is 0.629. The normalized spacial score (nSPS) is 16.5. The third-order valence-electron chi connectivity index (χ3n) is 5.25. The Morgan fingerprint density at radius 2 is 2.00 bits per heavy atom. The van der Waals surface area contributed by atoms with Crippen molar-refractivity contribution in [2.75, 3.05) is 13.1 Å². The number of aryl methyl sites for hydroxylation is 2. The van der Waals surface area contributed by atoms with Crippen LogP contribution in [0.3, 0.4) is 0 Å². The van der Waals surface area contributed by atoms with Gasteiger partial charge in [0.25, 0.3) is 5.91 Å². The highest BCUT2D eigenvalue weighted by molar-refractivity contribution is 6.30. The van der Waals surface area contributed by atoms with Gasteiger partial charge in [-0.05, 0) is 42.5 Å². The maximum atomic E-state index is 12.8. The molecular weight excluding hydrogens is 372 g/mol. The van der Waals surface area contributed by atoms with Gasteiger partial charge in [0.2, 0.25) is 0 Å². The van der Waals surface area contributed by atoms with Crippen LogP contribution in [-0.4, -0.2) is 38.9 Å². The molecular formula is C22H23ClN4O. The van der Waals surface area contributed by atoms with Crippen LogP contribution >= 0.6 is 11.6 Å². The summed E-state index contributed by atoms with van der Waals surface area (Å²) in [6, 6.07) is 18.3. The third-order valence-corrected chi connectivity index (χ3v) is 5.48. The van der Waals surface area contributed by atoms with Crippen molar-refractivity contribution in [2.45, 2.75) is 31.7 Å². The monoisotopic (exact) mass is 394 g/mol. The highest BCUT2D eigenvalue weighted by Gasteiger charge is 2.29. The number of amides is 1. The van der Waals surface area contributed by atoms with Crippen molar-refractivity contribution in [1.82, 2.24) is 19.9 Å². The highest BCUT2D eigenvalue weighted by atomic mass is 35.5. The summed E-state index contributed by atoms with van der Waals surface area (Å²) in [6.07, 6.45) is 4.65. The molecule has 1 fully saturated rings. The molecule has 0 saturated carbocycles. The second kappa shape index (κ2) is 8.57. The number of rotatable bonds is 6. The van der Waals surface area contributed by atoms with Crippen molar-refractivity contribution in [3.05, 3.63) is 82.6 Å². The van der Waals surface area contributed by atoms with Gasteiger partial charge in [-0.3, -0.25) is 9.48 Å². The number of likely N-dealkylation sites (tertiary alicyclic amines) is 1. The summed E-state index contributed by atoms with van der Waals surface area (Å²) in [5.41, 5.74) is 2.92. The molecule has 4 rings (SSSR count). The van der Waals surface area contributed by atoms with Crippen molar-refractivity contribution in [2.24, 2.45) is 0 Å². The number of hydrogen-bond donors (Lipinski definition) is 0. The molecule has 0 bridgehead atoms. The SMILES string of the molecule is O=C(c1cn(CCCc2ccccc2)nn1)N1CCC(c2cccc(Cl)c2)C1. The first-order valence-electron chi connectivity index (χ1n) is 9.68. The van der Waals surface area contributed by atoms with Crippen molar-refractivity contribution in [3.63, 3.8) is 0 Å². The molecule has 1 aromatic heterocycles. The lowest BCUT2D eigenvalue weighted by Crippen LogP contribution is -2.28. The summed E-state index contributed by atoms with van der Waals surface area (Å²) in [5.74, 6) is 0.280. The molecule has 0 radical (unpaired) electrons. The molecule has 1 aliphatic rings. The van der Waals surface area contributed by atoms with E-state index in [9.17, 15) is 4.79 Å². The zero-order valence-electron chi connectivity index (χ0n) is 15.7. The first-order chi connectivity index (χ1) is 13.7. The molecule has 1 amide bonds. The molecule has 2 heterocycles. The molecule has 28 heavy (non-hydrogen) atoms. The Morgan fingerprint density at radius 1 is 1.14 bits per heavy atom. The number of carbonyl (C=O) groups excluding carboxylic acids is 1. The second-order valence-electron chi connectivity index (χ2n) is 7.25. The number of aromatic nitrogens is 3. The van der Waals surface area contributed by atoms with Gasteiger partial charge in [-0.25, -0.2) is 0 Å². The van der Waals surface area contributed by atoms with E-state index in [0.717, 1.165) is 37.4 Å². The first-order valence-corrected chi connectivity index (χ1v) is 10.1. The summed E-state index contributed by atoms with van der Waals surface area (Å²) in [5, 5.41) is 8.97. The van der Waals surface area contributed by atoms with E-state index in [0.29, 0.717) is 18.2 Å². The van der Waals surface area contributed by atoms with Gasteiger partial charge in [-0.15, -0.1) is 5.10 Å². The fraction of sp³-hybridized carbons (Fsp3) is 0.318. The van der Waals surface area contributed by atoms with Gasteiger partial charge >= 0.3 is 0 Å². The number of benzene rings is 2. The highest BCUT2D eigenvalue weighted by Crippen LogP contribution is 2.29. The van der Waals surface area contributed by atoms with E-state index in [1.807, 2.05) is 41.3 Å². The largest absolute Gasteiger partial charge is 0.337 e. The maximum absolute atomic E-state index is 12.8. The van der Waals surface area contributed by atoms with E-state index >= 15 is 0 Å². The number of hydrogen-bond acceptors (Lipinski definition) is 3. The van der Waals surface area contributed by atoms with E-state index in [2.05, 4.69) is 28.5 Å². The predicted octanol–water partition coefficient (Wildman–Crippen LogP) is 4.19. The number of nitrogens with zero attached hydrogens (tertiary/aromatic N) is 4. The Morgan fingerprint density at radius 3 is 2.82 bits per heavy atom.